The molecule has 5 heteroatoms. The van der Waals surface area contributed by atoms with Crippen LogP contribution in [0.4, 0.5) is 0 Å². The fourth-order valence-electron chi connectivity index (χ4n) is 3.65. The van der Waals surface area contributed by atoms with E-state index in [0.717, 1.165) is 34.4 Å². The minimum atomic E-state index is 0.0549. The second-order valence-electron chi connectivity index (χ2n) is 6.64. The fourth-order valence-corrected chi connectivity index (χ4v) is 5.57. The standard InChI is InChI=1S/C20H22N2OS2/c1-22-11-4-5-15(22)8-10-21-20(23)18-16-6-2-3-7-17(16)25-19(18)14-9-12-24-13-14/h2-3,6-7,9,12-13,15H,4-5,8,10-11H2,1H3,(H,21,23)/t15-/m0/s1. The second-order valence-corrected chi connectivity index (χ2v) is 8.47. The summed E-state index contributed by atoms with van der Waals surface area (Å²) in [5, 5.41) is 8.42. The Bertz CT molecular complexity index is 869. The van der Waals surface area contributed by atoms with Gasteiger partial charge in [-0.1, -0.05) is 18.2 Å². The third-order valence-corrected chi connectivity index (χ3v) is 6.94. The van der Waals surface area contributed by atoms with Gasteiger partial charge in [-0.3, -0.25) is 4.79 Å². The second kappa shape index (κ2) is 7.28. The average molecular weight is 371 g/mol. The minimum absolute atomic E-state index is 0.0549. The van der Waals surface area contributed by atoms with Crippen molar-refractivity contribution in [2.45, 2.75) is 25.3 Å². The van der Waals surface area contributed by atoms with E-state index < -0.39 is 0 Å². The molecule has 1 N–H and O–H groups in total. The normalized spacial score (nSPS) is 18.0. The van der Waals surface area contributed by atoms with Crippen LogP contribution < -0.4 is 5.32 Å². The van der Waals surface area contributed by atoms with Crippen LogP contribution in [0.3, 0.4) is 0 Å². The predicted octanol–water partition coefficient (Wildman–Crippen LogP) is 4.84. The Balaban J connectivity index is 1.57. The van der Waals surface area contributed by atoms with Crippen molar-refractivity contribution in [2.75, 3.05) is 20.1 Å². The van der Waals surface area contributed by atoms with Crippen LogP contribution >= 0.6 is 22.7 Å². The molecule has 1 saturated heterocycles. The third-order valence-electron chi connectivity index (χ3n) is 5.04. The molecule has 1 aliphatic heterocycles. The van der Waals surface area contributed by atoms with E-state index in [2.05, 4.69) is 46.2 Å². The highest BCUT2D eigenvalue weighted by Crippen LogP contribution is 2.39. The van der Waals surface area contributed by atoms with E-state index in [4.69, 9.17) is 0 Å². The number of amides is 1. The van der Waals surface area contributed by atoms with Gasteiger partial charge in [-0.2, -0.15) is 11.3 Å². The van der Waals surface area contributed by atoms with Gasteiger partial charge in [0.15, 0.2) is 0 Å². The number of rotatable bonds is 5. The predicted molar refractivity (Wildman–Crippen MR) is 108 cm³/mol. The maximum absolute atomic E-state index is 13.0. The van der Waals surface area contributed by atoms with Gasteiger partial charge in [-0.15, -0.1) is 11.3 Å². The molecule has 130 valence electrons. The van der Waals surface area contributed by atoms with Crippen molar-refractivity contribution in [1.29, 1.82) is 0 Å². The number of benzene rings is 1. The van der Waals surface area contributed by atoms with Gasteiger partial charge >= 0.3 is 0 Å². The number of hydrogen-bond acceptors (Lipinski definition) is 4. The summed E-state index contributed by atoms with van der Waals surface area (Å²) in [6.07, 6.45) is 3.54. The van der Waals surface area contributed by atoms with Gasteiger partial charge < -0.3 is 10.2 Å². The van der Waals surface area contributed by atoms with E-state index in [-0.39, 0.29) is 5.91 Å². The summed E-state index contributed by atoms with van der Waals surface area (Å²) in [4.78, 5) is 16.5. The smallest absolute Gasteiger partial charge is 0.253 e. The number of carbonyl (C=O) groups excluding carboxylic acids is 1. The zero-order chi connectivity index (χ0) is 17.2. The first-order valence-electron chi connectivity index (χ1n) is 8.76. The van der Waals surface area contributed by atoms with Crippen LogP contribution in [0.1, 0.15) is 29.6 Å². The van der Waals surface area contributed by atoms with Gasteiger partial charge in [-0.25, -0.2) is 0 Å². The molecule has 1 amide bonds. The zero-order valence-electron chi connectivity index (χ0n) is 14.3. The molecule has 0 saturated carbocycles. The molecule has 1 fully saturated rings. The van der Waals surface area contributed by atoms with Crippen LogP contribution in [0.5, 0.6) is 0 Å². The highest BCUT2D eigenvalue weighted by Gasteiger charge is 2.22. The van der Waals surface area contributed by atoms with Crippen LogP contribution in [0.25, 0.3) is 20.5 Å². The van der Waals surface area contributed by atoms with E-state index in [1.54, 1.807) is 22.7 Å². The van der Waals surface area contributed by atoms with Crippen LogP contribution in [0.15, 0.2) is 41.1 Å². The van der Waals surface area contributed by atoms with E-state index in [1.165, 1.54) is 24.1 Å². The maximum Gasteiger partial charge on any atom is 0.253 e. The molecule has 25 heavy (non-hydrogen) atoms. The number of carbonyl (C=O) groups is 1. The maximum atomic E-state index is 13.0. The summed E-state index contributed by atoms with van der Waals surface area (Å²) < 4.78 is 1.17. The first-order chi connectivity index (χ1) is 12.2. The lowest BCUT2D eigenvalue weighted by Gasteiger charge is -2.19. The van der Waals surface area contributed by atoms with Crippen molar-refractivity contribution < 1.29 is 4.79 Å². The molecule has 1 aliphatic rings. The topological polar surface area (TPSA) is 32.3 Å². The van der Waals surface area contributed by atoms with Gasteiger partial charge in [0.25, 0.3) is 5.91 Å². The van der Waals surface area contributed by atoms with Gasteiger partial charge in [-0.05, 0) is 55.7 Å². The average Bonchev–Trinajstić information content (AvgIpc) is 3.33. The minimum Gasteiger partial charge on any atom is -0.352 e. The molecule has 0 bridgehead atoms. The van der Waals surface area contributed by atoms with E-state index in [1.807, 2.05) is 12.1 Å². The molecule has 0 aliphatic carbocycles. The van der Waals surface area contributed by atoms with Gasteiger partial charge in [0, 0.05) is 33.1 Å². The molecular formula is C20H22N2OS2. The van der Waals surface area contributed by atoms with Gasteiger partial charge in [0.05, 0.1) is 5.56 Å². The van der Waals surface area contributed by atoms with Crippen molar-refractivity contribution in [3.8, 4) is 10.4 Å². The Morgan fingerprint density at radius 2 is 2.20 bits per heavy atom. The van der Waals surface area contributed by atoms with Crippen molar-refractivity contribution in [3.63, 3.8) is 0 Å². The fraction of sp³-hybridized carbons (Fsp3) is 0.350. The molecule has 0 radical (unpaired) electrons. The van der Waals surface area contributed by atoms with Gasteiger partial charge in [0.1, 0.15) is 0 Å². The molecule has 1 atom stereocenters. The molecular weight excluding hydrogens is 348 g/mol. The summed E-state index contributed by atoms with van der Waals surface area (Å²) >= 11 is 3.38. The van der Waals surface area contributed by atoms with Crippen LogP contribution in [-0.2, 0) is 0 Å². The van der Waals surface area contributed by atoms with E-state index in [9.17, 15) is 4.79 Å². The number of likely N-dealkylation sites (tertiary alicyclic amines) is 1. The molecule has 0 unspecified atom stereocenters. The first-order valence-corrected chi connectivity index (χ1v) is 10.5. The lowest BCUT2D eigenvalue weighted by molar-refractivity contribution is 0.0953. The SMILES string of the molecule is CN1CCC[C@H]1CCNC(=O)c1c(-c2ccsc2)sc2ccccc12. The largest absolute Gasteiger partial charge is 0.352 e. The van der Waals surface area contributed by atoms with E-state index >= 15 is 0 Å². The Morgan fingerprint density at radius 1 is 1.32 bits per heavy atom. The molecule has 4 rings (SSSR count). The quantitative estimate of drug-likeness (QED) is 0.697. The van der Waals surface area contributed by atoms with E-state index in [0.29, 0.717) is 6.04 Å². The lowest BCUT2D eigenvalue weighted by atomic mass is 10.1. The number of hydrogen-bond donors (Lipinski definition) is 1. The van der Waals surface area contributed by atoms with Crippen molar-refractivity contribution in [1.82, 2.24) is 10.2 Å². The van der Waals surface area contributed by atoms with Crippen molar-refractivity contribution in [2.24, 2.45) is 0 Å². The highest BCUT2D eigenvalue weighted by molar-refractivity contribution is 7.23. The summed E-state index contributed by atoms with van der Waals surface area (Å²) in [6.45, 7) is 1.91. The number of nitrogens with zero attached hydrogens (tertiary/aromatic N) is 1. The molecule has 1 aromatic carbocycles. The number of fused-ring (bicyclic) bond motifs is 1. The first kappa shape index (κ1) is 16.8. The summed E-state index contributed by atoms with van der Waals surface area (Å²) in [6, 6.07) is 10.9. The highest BCUT2D eigenvalue weighted by atomic mass is 32.1. The van der Waals surface area contributed by atoms with Crippen LogP contribution in [0.2, 0.25) is 0 Å². The van der Waals surface area contributed by atoms with Crippen molar-refractivity contribution >= 4 is 38.7 Å². The van der Waals surface area contributed by atoms with Crippen LogP contribution in [-0.4, -0.2) is 37.0 Å². The zero-order valence-corrected chi connectivity index (χ0v) is 16.0. The summed E-state index contributed by atoms with van der Waals surface area (Å²) in [5.74, 6) is 0.0549. The van der Waals surface area contributed by atoms with Gasteiger partial charge in [0.2, 0.25) is 0 Å². The molecule has 3 nitrogen and oxygen atoms in total. The van der Waals surface area contributed by atoms with Crippen molar-refractivity contribution in [3.05, 3.63) is 46.7 Å². The summed E-state index contributed by atoms with van der Waals surface area (Å²) in [5.41, 5.74) is 1.98. The Kier molecular flexibility index (Phi) is 4.88. The monoisotopic (exact) mass is 370 g/mol. The molecule has 3 aromatic rings. The summed E-state index contributed by atoms with van der Waals surface area (Å²) in [7, 11) is 2.18. The Morgan fingerprint density at radius 3 is 2.96 bits per heavy atom. The lowest BCUT2D eigenvalue weighted by Crippen LogP contribution is -2.31. The number of thiophene rings is 2. The molecule has 0 spiro atoms. The Labute approximate surface area is 156 Å². The van der Waals surface area contributed by atoms with Crippen LogP contribution in [0, 0.1) is 0 Å². The Hall–Kier alpha value is -1.69. The number of nitrogens with one attached hydrogen (secondary N) is 1. The molecule has 3 heterocycles. The molecule has 2 aromatic heterocycles. The third kappa shape index (κ3) is 3.36.